The number of hydrogen-bond donors (Lipinski definition) is 1. The van der Waals surface area contributed by atoms with Crippen LogP contribution in [0.2, 0.25) is 5.02 Å². The van der Waals surface area contributed by atoms with E-state index in [4.69, 9.17) is 11.6 Å². The number of nitrogens with one attached hydrogen (secondary N) is 1. The van der Waals surface area contributed by atoms with Crippen LogP contribution in [0, 0.1) is 0 Å². The molecule has 6 heteroatoms. The second-order valence-electron chi connectivity index (χ2n) is 4.04. The van der Waals surface area contributed by atoms with E-state index in [0.29, 0.717) is 17.1 Å². The van der Waals surface area contributed by atoms with E-state index in [1.807, 2.05) is 12.3 Å². The molecule has 2 aromatic rings. The highest BCUT2D eigenvalue weighted by atomic mass is 35.5. The van der Waals surface area contributed by atoms with Crippen LogP contribution in [0.1, 0.15) is 23.4 Å². The molecule has 0 saturated carbocycles. The van der Waals surface area contributed by atoms with Crippen LogP contribution in [0.25, 0.3) is 0 Å². The molecule has 0 spiro atoms. The second kappa shape index (κ2) is 7.02. The summed E-state index contributed by atoms with van der Waals surface area (Å²) in [4.78, 5) is 0.888. The van der Waals surface area contributed by atoms with Gasteiger partial charge in [-0.2, -0.15) is 8.78 Å². The van der Waals surface area contributed by atoms with Crippen molar-refractivity contribution in [3.63, 3.8) is 0 Å². The third-order valence-electron chi connectivity index (χ3n) is 2.76. The van der Waals surface area contributed by atoms with Crippen molar-refractivity contribution in [1.82, 2.24) is 5.32 Å². The number of benzene rings is 1. The minimum Gasteiger partial charge on any atom is -0.434 e. The van der Waals surface area contributed by atoms with Gasteiger partial charge >= 0.3 is 6.61 Å². The number of ether oxygens (including phenoxy) is 1. The Hall–Kier alpha value is -1.17. The molecule has 1 heterocycles. The van der Waals surface area contributed by atoms with Crippen LogP contribution < -0.4 is 10.1 Å². The summed E-state index contributed by atoms with van der Waals surface area (Å²) in [6.45, 7) is -0.218. The Morgan fingerprint density at radius 1 is 1.30 bits per heavy atom. The van der Waals surface area contributed by atoms with Crippen molar-refractivity contribution in [2.75, 3.05) is 6.54 Å². The average molecular weight is 318 g/mol. The molecule has 108 valence electrons. The first-order chi connectivity index (χ1) is 9.63. The highest BCUT2D eigenvalue weighted by molar-refractivity contribution is 7.10. The van der Waals surface area contributed by atoms with Crippen LogP contribution >= 0.6 is 22.9 Å². The minimum absolute atomic E-state index is 0.165. The summed E-state index contributed by atoms with van der Waals surface area (Å²) in [6.07, 6.45) is 0. The summed E-state index contributed by atoms with van der Waals surface area (Å²) in [5.74, 6) is 0.165. The van der Waals surface area contributed by atoms with Gasteiger partial charge in [-0.3, -0.25) is 0 Å². The molecular weight excluding hydrogens is 304 g/mol. The summed E-state index contributed by atoms with van der Waals surface area (Å²) in [7, 11) is 0. The van der Waals surface area contributed by atoms with E-state index < -0.39 is 6.61 Å². The summed E-state index contributed by atoms with van der Waals surface area (Å²) in [5.41, 5.74) is 0.652. The van der Waals surface area contributed by atoms with Crippen molar-refractivity contribution in [2.24, 2.45) is 0 Å². The zero-order chi connectivity index (χ0) is 14.5. The van der Waals surface area contributed by atoms with E-state index in [1.165, 1.54) is 17.4 Å². The number of hydrogen-bond acceptors (Lipinski definition) is 3. The summed E-state index contributed by atoms with van der Waals surface area (Å²) in [5, 5.41) is 5.75. The molecule has 2 nitrogen and oxygen atoms in total. The monoisotopic (exact) mass is 317 g/mol. The molecule has 0 amide bonds. The largest absolute Gasteiger partial charge is 0.434 e. The van der Waals surface area contributed by atoms with Gasteiger partial charge in [-0.15, -0.1) is 11.3 Å². The van der Waals surface area contributed by atoms with E-state index in [-0.39, 0.29) is 11.8 Å². The fraction of sp³-hybridized carbons (Fsp3) is 0.286. The highest BCUT2D eigenvalue weighted by Crippen LogP contribution is 2.37. The number of alkyl halides is 2. The Kier molecular flexibility index (Phi) is 5.34. The van der Waals surface area contributed by atoms with Gasteiger partial charge in [0, 0.05) is 10.4 Å². The molecule has 0 saturated heterocycles. The van der Waals surface area contributed by atoms with Gasteiger partial charge in [0.1, 0.15) is 5.75 Å². The van der Waals surface area contributed by atoms with Gasteiger partial charge in [0.05, 0.1) is 11.1 Å². The molecule has 1 N–H and O–H groups in total. The SMILES string of the molecule is CCNC(c1ccccc1OC(F)F)c1sccc1Cl. The van der Waals surface area contributed by atoms with E-state index in [0.717, 1.165) is 4.88 Å². The molecule has 0 fully saturated rings. The number of rotatable bonds is 6. The van der Waals surface area contributed by atoms with Crippen molar-refractivity contribution < 1.29 is 13.5 Å². The smallest absolute Gasteiger partial charge is 0.387 e. The minimum atomic E-state index is -2.85. The molecular formula is C14H14ClF2NOS. The van der Waals surface area contributed by atoms with E-state index in [9.17, 15) is 8.78 Å². The normalized spacial score (nSPS) is 12.7. The third-order valence-corrected chi connectivity index (χ3v) is 4.18. The van der Waals surface area contributed by atoms with Crippen LogP contribution in [0.5, 0.6) is 5.75 Å². The molecule has 2 rings (SSSR count). The zero-order valence-corrected chi connectivity index (χ0v) is 12.3. The van der Waals surface area contributed by atoms with Gasteiger partial charge in [-0.05, 0) is 24.1 Å². The first-order valence-corrected chi connectivity index (χ1v) is 7.39. The lowest BCUT2D eigenvalue weighted by molar-refractivity contribution is -0.0506. The van der Waals surface area contributed by atoms with Crippen molar-refractivity contribution >= 4 is 22.9 Å². The standard InChI is InChI=1S/C14H14ClF2NOS/c1-2-18-12(13-10(15)7-8-20-13)9-5-3-4-6-11(9)19-14(16)17/h3-8,12,14,18H,2H2,1H3. The first kappa shape index (κ1) is 15.2. The maximum atomic E-state index is 12.5. The summed E-state index contributed by atoms with van der Waals surface area (Å²) in [6, 6.07) is 8.29. The predicted octanol–water partition coefficient (Wildman–Crippen LogP) is 4.70. The van der Waals surface area contributed by atoms with Crippen molar-refractivity contribution in [3.05, 3.63) is 51.2 Å². The second-order valence-corrected chi connectivity index (χ2v) is 5.39. The van der Waals surface area contributed by atoms with E-state index >= 15 is 0 Å². The fourth-order valence-corrected chi connectivity index (χ4v) is 3.24. The number of thiophene rings is 1. The molecule has 1 aromatic carbocycles. The van der Waals surface area contributed by atoms with Crippen molar-refractivity contribution in [2.45, 2.75) is 19.6 Å². The maximum Gasteiger partial charge on any atom is 0.387 e. The Morgan fingerprint density at radius 2 is 2.05 bits per heavy atom. The highest BCUT2D eigenvalue weighted by Gasteiger charge is 2.22. The summed E-state index contributed by atoms with van der Waals surface area (Å²) < 4.78 is 29.6. The van der Waals surface area contributed by atoms with Crippen LogP contribution in [0.15, 0.2) is 35.7 Å². The van der Waals surface area contributed by atoms with Gasteiger partial charge in [0.15, 0.2) is 0 Å². The molecule has 0 aliphatic rings. The molecule has 0 aliphatic heterocycles. The van der Waals surface area contributed by atoms with Crippen molar-refractivity contribution in [1.29, 1.82) is 0 Å². The number of halogens is 3. The van der Waals surface area contributed by atoms with E-state index in [2.05, 4.69) is 10.1 Å². The lowest BCUT2D eigenvalue weighted by Crippen LogP contribution is -2.22. The Bertz CT molecular complexity index is 562. The molecule has 20 heavy (non-hydrogen) atoms. The number of para-hydroxylation sites is 1. The average Bonchev–Trinajstić information content (AvgIpc) is 2.82. The molecule has 0 radical (unpaired) electrons. The quantitative estimate of drug-likeness (QED) is 0.833. The van der Waals surface area contributed by atoms with Gasteiger partial charge < -0.3 is 10.1 Å². The lowest BCUT2D eigenvalue weighted by atomic mass is 10.0. The topological polar surface area (TPSA) is 21.3 Å². The fourth-order valence-electron chi connectivity index (χ4n) is 1.98. The Labute approximate surface area is 125 Å². The molecule has 0 aliphatic carbocycles. The maximum absolute atomic E-state index is 12.5. The van der Waals surface area contributed by atoms with Crippen LogP contribution in [0.3, 0.4) is 0 Å². The van der Waals surface area contributed by atoms with Crippen LogP contribution in [-0.2, 0) is 0 Å². The third kappa shape index (κ3) is 3.48. The Balaban J connectivity index is 2.42. The zero-order valence-electron chi connectivity index (χ0n) is 10.8. The molecule has 1 unspecified atom stereocenters. The van der Waals surface area contributed by atoms with Gasteiger partial charge in [-0.1, -0.05) is 36.7 Å². The van der Waals surface area contributed by atoms with Gasteiger partial charge in [0.25, 0.3) is 0 Å². The van der Waals surface area contributed by atoms with Crippen LogP contribution in [-0.4, -0.2) is 13.2 Å². The van der Waals surface area contributed by atoms with Gasteiger partial charge in [0.2, 0.25) is 0 Å². The lowest BCUT2D eigenvalue weighted by Gasteiger charge is -2.20. The molecule has 1 atom stereocenters. The Morgan fingerprint density at radius 3 is 2.65 bits per heavy atom. The van der Waals surface area contributed by atoms with Crippen LogP contribution in [0.4, 0.5) is 8.78 Å². The molecule has 1 aromatic heterocycles. The summed E-state index contributed by atoms with van der Waals surface area (Å²) >= 11 is 7.64. The first-order valence-electron chi connectivity index (χ1n) is 6.13. The van der Waals surface area contributed by atoms with Gasteiger partial charge in [-0.25, -0.2) is 0 Å². The van der Waals surface area contributed by atoms with E-state index in [1.54, 1.807) is 24.3 Å². The van der Waals surface area contributed by atoms with Crippen molar-refractivity contribution in [3.8, 4) is 5.75 Å². The molecule has 0 bridgehead atoms. The predicted molar refractivity (Wildman–Crippen MR) is 77.9 cm³/mol.